The third kappa shape index (κ3) is 4.15. The number of benzene rings is 1. The molecular formula is C16H17FN2O4. The molecule has 0 radical (unpaired) electrons. The predicted molar refractivity (Wildman–Crippen MR) is 79.3 cm³/mol. The first-order chi connectivity index (χ1) is 11.0. The van der Waals surface area contributed by atoms with Crippen LogP contribution in [0.25, 0.3) is 0 Å². The molecule has 6 nitrogen and oxygen atoms in total. The highest BCUT2D eigenvalue weighted by atomic mass is 19.1. The normalized spacial score (nSPS) is 10.4. The quantitative estimate of drug-likeness (QED) is 0.765. The Labute approximate surface area is 132 Å². The zero-order chi connectivity index (χ0) is 16.8. The molecule has 0 unspecified atom stereocenters. The van der Waals surface area contributed by atoms with Gasteiger partial charge in [0.25, 0.3) is 5.91 Å². The fraction of sp³-hybridized carbons (Fsp3) is 0.312. The van der Waals surface area contributed by atoms with Crippen molar-refractivity contribution in [3.8, 4) is 0 Å². The maximum Gasteiger partial charge on any atom is 0.360 e. The molecule has 0 aliphatic heterocycles. The van der Waals surface area contributed by atoms with Crippen molar-refractivity contribution in [2.75, 3.05) is 13.7 Å². The molecule has 0 saturated carbocycles. The third-order valence-corrected chi connectivity index (χ3v) is 3.12. The summed E-state index contributed by atoms with van der Waals surface area (Å²) in [6.07, 6.45) is 1.89. The van der Waals surface area contributed by atoms with Gasteiger partial charge in [-0.15, -0.1) is 0 Å². The summed E-state index contributed by atoms with van der Waals surface area (Å²) >= 11 is 0. The van der Waals surface area contributed by atoms with Gasteiger partial charge in [0.05, 0.1) is 13.7 Å². The van der Waals surface area contributed by atoms with Crippen LogP contribution in [0.3, 0.4) is 0 Å². The number of rotatable bonds is 6. The Hall–Kier alpha value is -2.70. The Morgan fingerprint density at radius 1 is 1.39 bits per heavy atom. The van der Waals surface area contributed by atoms with Crippen LogP contribution in [0.2, 0.25) is 0 Å². The number of carbonyl (C=O) groups excluding carboxylic acids is 2. The van der Waals surface area contributed by atoms with E-state index in [0.717, 1.165) is 0 Å². The topological polar surface area (TPSA) is 72.6 Å². The number of carbonyl (C=O) groups is 2. The molecule has 0 N–H and O–H groups in total. The molecule has 0 atom stereocenters. The Morgan fingerprint density at radius 2 is 2.17 bits per heavy atom. The van der Waals surface area contributed by atoms with Crippen LogP contribution < -0.4 is 0 Å². The van der Waals surface area contributed by atoms with Gasteiger partial charge in [-0.25, -0.2) is 14.2 Å². The largest absolute Gasteiger partial charge is 0.464 e. The molecule has 1 amide bonds. The second-order valence-electron chi connectivity index (χ2n) is 4.86. The van der Waals surface area contributed by atoms with Crippen molar-refractivity contribution in [1.82, 2.24) is 9.88 Å². The fourth-order valence-electron chi connectivity index (χ4n) is 2.07. The molecule has 2 rings (SSSR count). The van der Waals surface area contributed by atoms with Gasteiger partial charge in [-0.3, -0.25) is 4.79 Å². The van der Waals surface area contributed by atoms with Crippen LogP contribution in [0, 0.1) is 5.82 Å². The molecule has 1 aromatic heterocycles. The molecule has 0 aliphatic rings. The maximum atomic E-state index is 13.3. The van der Waals surface area contributed by atoms with E-state index >= 15 is 0 Å². The lowest BCUT2D eigenvalue weighted by Gasteiger charge is -2.20. The minimum absolute atomic E-state index is 0.0390. The van der Waals surface area contributed by atoms with Crippen LogP contribution in [0.15, 0.2) is 34.9 Å². The first-order valence-electron chi connectivity index (χ1n) is 7.12. The van der Waals surface area contributed by atoms with Gasteiger partial charge >= 0.3 is 5.97 Å². The number of nitrogens with zero attached hydrogens (tertiary/aromatic N) is 2. The van der Waals surface area contributed by atoms with E-state index in [0.29, 0.717) is 13.0 Å². The monoisotopic (exact) mass is 320 g/mol. The molecule has 7 heteroatoms. The van der Waals surface area contributed by atoms with E-state index < -0.39 is 11.8 Å². The summed E-state index contributed by atoms with van der Waals surface area (Å²) in [5.41, 5.74) is 0.287. The van der Waals surface area contributed by atoms with E-state index in [9.17, 15) is 14.0 Å². The van der Waals surface area contributed by atoms with E-state index in [1.807, 2.05) is 6.92 Å². The molecule has 0 aliphatic carbocycles. The Kier molecular flexibility index (Phi) is 5.46. The van der Waals surface area contributed by atoms with Crippen molar-refractivity contribution in [2.45, 2.75) is 19.9 Å². The van der Waals surface area contributed by atoms with Crippen molar-refractivity contribution < 1.29 is 23.1 Å². The molecule has 0 saturated heterocycles. The van der Waals surface area contributed by atoms with E-state index in [4.69, 9.17) is 4.42 Å². The van der Waals surface area contributed by atoms with Crippen LogP contribution in [-0.4, -0.2) is 35.4 Å². The van der Waals surface area contributed by atoms with Crippen molar-refractivity contribution >= 4 is 11.9 Å². The average molecular weight is 320 g/mol. The van der Waals surface area contributed by atoms with Gasteiger partial charge in [0.2, 0.25) is 5.89 Å². The van der Waals surface area contributed by atoms with Gasteiger partial charge in [-0.05, 0) is 24.6 Å². The van der Waals surface area contributed by atoms with Gasteiger partial charge < -0.3 is 14.1 Å². The summed E-state index contributed by atoms with van der Waals surface area (Å²) in [5, 5.41) is 0. The van der Waals surface area contributed by atoms with Crippen LogP contribution in [0.5, 0.6) is 0 Å². The fourth-order valence-corrected chi connectivity index (χ4v) is 2.07. The zero-order valence-corrected chi connectivity index (χ0v) is 12.9. The lowest BCUT2D eigenvalue weighted by Crippen LogP contribution is -2.31. The molecule has 122 valence electrons. The highest BCUT2D eigenvalue weighted by Gasteiger charge is 2.20. The maximum absolute atomic E-state index is 13.3. The molecule has 1 heterocycles. The number of aromatic nitrogens is 1. The van der Waals surface area contributed by atoms with Crippen molar-refractivity contribution in [2.24, 2.45) is 0 Å². The standard InChI is InChI=1S/C16H17FN2O4/c1-3-7-19(15(20)11-5-4-6-12(17)8-11)9-14-18-13(10-23-14)16(21)22-2/h4-6,8,10H,3,7,9H2,1-2H3. The smallest absolute Gasteiger partial charge is 0.360 e. The van der Waals surface area contributed by atoms with Crippen LogP contribution >= 0.6 is 0 Å². The van der Waals surface area contributed by atoms with Crippen molar-refractivity contribution in [1.29, 1.82) is 0 Å². The summed E-state index contributed by atoms with van der Waals surface area (Å²) in [6.45, 7) is 2.45. The average Bonchev–Trinajstić information content (AvgIpc) is 3.01. The highest BCUT2D eigenvalue weighted by Crippen LogP contribution is 2.12. The van der Waals surface area contributed by atoms with E-state index in [1.54, 1.807) is 6.07 Å². The zero-order valence-electron chi connectivity index (χ0n) is 12.9. The van der Waals surface area contributed by atoms with Gasteiger partial charge in [-0.1, -0.05) is 13.0 Å². The molecule has 23 heavy (non-hydrogen) atoms. The van der Waals surface area contributed by atoms with Crippen LogP contribution in [0.1, 0.15) is 40.1 Å². The summed E-state index contributed by atoms with van der Waals surface area (Å²) in [6, 6.07) is 5.48. The Bertz CT molecular complexity index is 699. The summed E-state index contributed by atoms with van der Waals surface area (Å²) < 4.78 is 23.0. The summed E-state index contributed by atoms with van der Waals surface area (Å²) in [4.78, 5) is 29.3. The van der Waals surface area contributed by atoms with Crippen molar-refractivity contribution in [3.63, 3.8) is 0 Å². The number of esters is 1. The number of ether oxygens (including phenoxy) is 1. The third-order valence-electron chi connectivity index (χ3n) is 3.12. The number of amides is 1. The minimum Gasteiger partial charge on any atom is -0.464 e. The molecule has 0 spiro atoms. The number of halogens is 1. The van der Waals surface area contributed by atoms with E-state index in [1.165, 1.54) is 36.5 Å². The number of hydrogen-bond donors (Lipinski definition) is 0. The number of methoxy groups -OCH3 is 1. The SMILES string of the molecule is CCCN(Cc1nc(C(=O)OC)co1)C(=O)c1cccc(F)c1. The molecular weight excluding hydrogens is 303 g/mol. The predicted octanol–water partition coefficient (Wildman–Crippen LogP) is 2.65. The Balaban J connectivity index is 2.16. The molecule has 0 fully saturated rings. The molecule has 0 bridgehead atoms. The second-order valence-corrected chi connectivity index (χ2v) is 4.86. The van der Waals surface area contributed by atoms with E-state index in [-0.39, 0.29) is 29.6 Å². The van der Waals surface area contributed by atoms with Gasteiger partial charge in [0.1, 0.15) is 12.1 Å². The number of oxazole rings is 1. The molecule has 1 aromatic carbocycles. The summed E-state index contributed by atoms with van der Waals surface area (Å²) in [5.74, 6) is -1.21. The van der Waals surface area contributed by atoms with Gasteiger partial charge in [0.15, 0.2) is 5.69 Å². The Morgan fingerprint density at radius 3 is 2.83 bits per heavy atom. The highest BCUT2D eigenvalue weighted by molar-refractivity contribution is 5.94. The first-order valence-corrected chi connectivity index (χ1v) is 7.12. The van der Waals surface area contributed by atoms with Crippen LogP contribution in [0.4, 0.5) is 4.39 Å². The lowest BCUT2D eigenvalue weighted by molar-refractivity contribution is 0.0594. The van der Waals surface area contributed by atoms with Crippen molar-refractivity contribution in [3.05, 3.63) is 53.5 Å². The minimum atomic E-state index is -0.613. The summed E-state index contributed by atoms with van der Waals surface area (Å²) in [7, 11) is 1.24. The second kappa shape index (κ2) is 7.53. The van der Waals surface area contributed by atoms with Crippen LogP contribution in [-0.2, 0) is 11.3 Å². The van der Waals surface area contributed by atoms with E-state index in [2.05, 4.69) is 9.72 Å². The van der Waals surface area contributed by atoms with Gasteiger partial charge in [-0.2, -0.15) is 0 Å². The molecule has 2 aromatic rings. The number of hydrogen-bond acceptors (Lipinski definition) is 5. The van der Waals surface area contributed by atoms with Gasteiger partial charge in [0, 0.05) is 12.1 Å². The lowest BCUT2D eigenvalue weighted by atomic mass is 10.2. The first kappa shape index (κ1) is 16.7.